The first-order valence-electron chi connectivity index (χ1n) is 6.66. The van der Waals surface area contributed by atoms with Crippen LogP contribution in [0.25, 0.3) is 10.4 Å². The largest absolute Gasteiger partial charge is 0.388 e. The van der Waals surface area contributed by atoms with Gasteiger partial charge in [0.25, 0.3) is 0 Å². The predicted octanol–water partition coefficient (Wildman–Crippen LogP) is 2.42. The Morgan fingerprint density at radius 3 is 2.80 bits per heavy atom. The number of benzene rings is 1. The lowest BCUT2D eigenvalue weighted by molar-refractivity contribution is -0.0513. The van der Waals surface area contributed by atoms with Gasteiger partial charge in [0.2, 0.25) is 0 Å². The summed E-state index contributed by atoms with van der Waals surface area (Å²) in [4.78, 5) is 2.79. The summed E-state index contributed by atoms with van der Waals surface area (Å²) in [6, 6.07) is 9.33. The van der Waals surface area contributed by atoms with Crippen molar-refractivity contribution in [2.45, 2.75) is 50.9 Å². The molecule has 0 amide bonds. The van der Waals surface area contributed by atoms with Gasteiger partial charge < -0.3 is 14.6 Å². The van der Waals surface area contributed by atoms with E-state index in [4.69, 9.17) is 15.0 Å². The highest BCUT2D eigenvalue weighted by molar-refractivity contribution is 5.13. The van der Waals surface area contributed by atoms with Crippen LogP contribution in [0, 0.1) is 0 Å². The number of nitrogens with zero attached hydrogens (tertiary/aromatic N) is 3. The molecule has 5 atom stereocenters. The second kappa shape index (κ2) is 6.72. The van der Waals surface area contributed by atoms with Gasteiger partial charge in [0, 0.05) is 4.91 Å². The van der Waals surface area contributed by atoms with E-state index in [1.165, 1.54) is 0 Å². The van der Waals surface area contributed by atoms with Crippen molar-refractivity contribution in [3.63, 3.8) is 0 Å². The van der Waals surface area contributed by atoms with Gasteiger partial charge in [-0.2, -0.15) is 0 Å². The molecule has 20 heavy (non-hydrogen) atoms. The third kappa shape index (κ3) is 3.29. The molecule has 6 heteroatoms. The lowest BCUT2D eigenvalue weighted by Crippen LogP contribution is -2.39. The quantitative estimate of drug-likeness (QED) is 0.509. The summed E-state index contributed by atoms with van der Waals surface area (Å²) in [5.41, 5.74) is 9.55. The van der Waals surface area contributed by atoms with Gasteiger partial charge in [-0.05, 0) is 18.0 Å². The van der Waals surface area contributed by atoms with Crippen LogP contribution >= 0.6 is 0 Å². The van der Waals surface area contributed by atoms with Crippen LogP contribution in [0.3, 0.4) is 0 Å². The molecule has 1 heterocycles. The van der Waals surface area contributed by atoms with E-state index in [1.807, 2.05) is 30.3 Å². The molecule has 6 nitrogen and oxygen atoms in total. The lowest BCUT2D eigenvalue weighted by atomic mass is 10.0. The first kappa shape index (κ1) is 14.8. The van der Waals surface area contributed by atoms with Crippen LogP contribution in [0.15, 0.2) is 35.4 Å². The Morgan fingerprint density at radius 2 is 2.15 bits per heavy atom. The maximum absolute atomic E-state index is 10.1. The first-order valence-corrected chi connectivity index (χ1v) is 6.66. The molecule has 1 aromatic rings. The fourth-order valence-electron chi connectivity index (χ4n) is 2.36. The van der Waals surface area contributed by atoms with Crippen molar-refractivity contribution in [2.24, 2.45) is 5.11 Å². The molecule has 0 saturated carbocycles. The third-order valence-electron chi connectivity index (χ3n) is 3.51. The zero-order chi connectivity index (χ0) is 14.5. The summed E-state index contributed by atoms with van der Waals surface area (Å²) in [6.07, 6.45) is -1.98. The smallest absolute Gasteiger partial charge is 0.113 e. The first-order chi connectivity index (χ1) is 9.63. The number of hydrogen-bond acceptors (Lipinski definition) is 4. The molecule has 0 radical (unpaired) electrons. The number of hydrogen-bond donors (Lipinski definition) is 1. The normalized spacial score (nSPS) is 30.8. The van der Waals surface area contributed by atoms with E-state index in [0.717, 1.165) is 5.56 Å². The molecular weight excluding hydrogens is 258 g/mol. The Bertz CT molecular complexity index is 476. The molecule has 1 aliphatic heterocycles. The molecule has 1 fully saturated rings. The van der Waals surface area contributed by atoms with Crippen molar-refractivity contribution in [1.82, 2.24) is 0 Å². The second-order valence-corrected chi connectivity index (χ2v) is 5.00. The number of aliphatic hydroxyl groups excluding tert-OH is 1. The van der Waals surface area contributed by atoms with Crippen LogP contribution in [-0.2, 0) is 16.1 Å². The summed E-state index contributed by atoms with van der Waals surface area (Å²) >= 11 is 0. The van der Waals surface area contributed by atoms with Gasteiger partial charge in [0.1, 0.15) is 12.2 Å². The van der Waals surface area contributed by atoms with Crippen molar-refractivity contribution < 1.29 is 14.6 Å². The fourth-order valence-corrected chi connectivity index (χ4v) is 2.36. The lowest BCUT2D eigenvalue weighted by Gasteiger charge is -2.23. The van der Waals surface area contributed by atoms with Crippen LogP contribution < -0.4 is 0 Å². The average molecular weight is 277 g/mol. The highest BCUT2D eigenvalue weighted by Crippen LogP contribution is 2.28. The summed E-state index contributed by atoms with van der Waals surface area (Å²) in [6.45, 7) is 3.93. The van der Waals surface area contributed by atoms with Gasteiger partial charge in [0.05, 0.1) is 24.9 Å². The Balaban J connectivity index is 2.04. The topological polar surface area (TPSA) is 87.5 Å². The van der Waals surface area contributed by atoms with Crippen LogP contribution in [0.1, 0.15) is 19.4 Å². The average Bonchev–Trinajstić information content (AvgIpc) is 2.74. The van der Waals surface area contributed by atoms with Crippen LogP contribution in [0.2, 0.25) is 0 Å². The minimum atomic E-state index is -0.722. The number of rotatable bonds is 5. The fraction of sp³-hybridized carbons (Fsp3) is 0.571. The predicted molar refractivity (Wildman–Crippen MR) is 74.0 cm³/mol. The summed E-state index contributed by atoms with van der Waals surface area (Å²) < 4.78 is 11.4. The zero-order valence-electron chi connectivity index (χ0n) is 11.6. The van der Waals surface area contributed by atoms with Crippen molar-refractivity contribution in [3.05, 3.63) is 46.3 Å². The minimum Gasteiger partial charge on any atom is -0.388 e. The molecule has 2 unspecified atom stereocenters. The highest BCUT2D eigenvalue weighted by Gasteiger charge is 2.44. The van der Waals surface area contributed by atoms with Crippen LogP contribution in [0.4, 0.5) is 0 Å². The molecular formula is C14H19N3O3. The van der Waals surface area contributed by atoms with Crippen molar-refractivity contribution in [1.29, 1.82) is 0 Å². The van der Waals surface area contributed by atoms with Crippen LogP contribution in [-0.4, -0.2) is 35.6 Å². The molecule has 0 aliphatic carbocycles. The molecule has 1 N–H and O–H groups in total. The molecule has 1 saturated heterocycles. The number of aliphatic hydroxyl groups is 1. The molecule has 108 valence electrons. The highest BCUT2D eigenvalue weighted by atomic mass is 16.6. The number of ether oxygens (including phenoxy) is 2. The van der Waals surface area contributed by atoms with E-state index in [-0.39, 0.29) is 12.1 Å². The van der Waals surface area contributed by atoms with E-state index < -0.39 is 18.3 Å². The van der Waals surface area contributed by atoms with E-state index in [2.05, 4.69) is 10.0 Å². The molecule has 0 aromatic heterocycles. The Morgan fingerprint density at radius 1 is 1.45 bits per heavy atom. The molecule has 1 aromatic carbocycles. The second-order valence-electron chi connectivity index (χ2n) is 5.00. The monoisotopic (exact) mass is 277 g/mol. The van der Waals surface area contributed by atoms with E-state index in [1.54, 1.807) is 13.8 Å². The Labute approximate surface area is 118 Å². The molecule has 2 rings (SSSR count). The molecule has 1 aliphatic rings. The SMILES string of the molecule is CC(N=[N+]=[N-])[C@H]1O[C@@H](C)C(O)[C@H]1OCc1ccccc1. The van der Waals surface area contributed by atoms with E-state index >= 15 is 0 Å². The maximum atomic E-state index is 10.1. The minimum absolute atomic E-state index is 0.336. The molecule has 0 spiro atoms. The molecule has 0 bridgehead atoms. The van der Waals surface area contributed by atoms with E-state index in [0.29, 0.717) is 6.61 Å². The van der Waals surface area contributed by atoms with Gasteiger partial charge >= 0.3 is 0 Å². The third-order valence-corrected chi connectivity index (χ3v) is 3.51. The summed E-state index contributed by atoms with van der Waals surface area (Å²) in [5, 5.41) is 13.8. The zero-order valence-corrected chi connectivity index (χ0v) is 11.6. The van der Waals surface area contributed by atoms with Crippen molar-refractivity contribution in [2.75, 3.05) is 0 Å². The van der Waals surface area contributed by atoms with Gasteiger partial charge in [-0.25, -0.2) is 0 Å². The van der Waals surface area contributed by atoms with Gasteiger partial charge in [-0.3, -0.25) is 0 Å². The summed E-state index contributed by atoms with van der Waals surface area (Å²) in [5.74, 6) is 0. The standard InChI is InChI=1S/C14H19N3O3/c1-9(16-17-15)13-14(12(18)10(2)20-13)19-8-11-6-4-3-5-7-11/h3-7,9-10,12-14,18H,8H2,1-2H3/t9?,10-,12?,13+,14+/m0/s1. The van der Waals surface area contributed by atoms with Gasteiger partial charge in [-0.15, -0.1) is 0 Å². The number of azide groups is 1. The van der Waals surface area contributed by atoms with Crippen molar-refractivity contribution >= 4 is 0 Å². The Hall–Kier alpha value is -1.59. The van der Waals surface area contributed by atoms with Crippen molar-refractivity contribution in [3.8, 4) is 0 Å². The maximum Gasteiger partial charge on any atom is 0.113 e. The van der Waals surface area contributed by atoms with Gasteiger partial charge in [0.15, 0.2) is 0 Å². The van der Waals surface area contributed by atoms with Crippen LogP contribution in [0.5, 0.6) is 0 Å². The van der Waals surface area contributed by atoms with Gasteiger partial charge in [-0.1, -0.05) is 42.4 Å². The van der Waals surface area contributed by atoms with E-state index in [9.17, 15) is 5.11 Å². The summed E-state index contributed by atoms with van der Waals surface area (Å²) in [7, 11) is 0. The Kier molecular flexibility index (Phi) is 4.98.